The van der Waals surface area contributed by atoms with Crippen molar-refractivity contribution in [1.29, 1.82) is 0 Å². The Balaban J connectivity index is 2.00. The highest BCUT2D eigenvalue weighted by Gasteiger charge is 2.44. The lowest BCUT2D eigenvalue weighted by atomic mass is 9.97. The second kappa shape index (κ2) is 4.41. The lowest BCUT2D eigenvalue weighted by Crippen LogP contribution is -2.56. The molecule has 90 valence electrons. The molecular weight excluding hydrogens is 210 g/mol. The monoisotopic (exact) mass is 227 g/mol. The van der Waals surface area contributed by atoms with Crippen LogP contribution in [0.4, 0.5) is 0 Å². The van der Waals surface area contributed by atoms with Crippen LogP contribution in [-0.4, -0.2) is 35.7 Å². The number of carbonyl (C=O) groups excluding carboxylic acids is 1. The van der Waals surface area contributed by atoms with Crippen molar-refractivity contribution in [2.45, 2.75) is 37.6 Å². The Kier molecular flexibility index (Phi) is 3.14. The molecule has 2 fully saturated rings. The van der Waals surface area contributed by atoms with Crippen LogP contribution in [0.1, 0.15) is 32.1 Å². The molecule has 0 spiro atoms. The molecular formula is C11H17NO4. The van der Waals surface area contributed by atoms with Gasteiger partial charge in [0.15, 0.2) is 5.54 Å². The third-order valence-electron chi connectivity index (χ3n) is 3.52. The summed E-state index contributed by atoms with van der Waals surface area (Å²) in [6, 6.07) is 0. The summed E-state index contributed by atoms with van der Waals surface area (Å²) in [5.74, 6) is -1.11. The van der Waals surface area contributed by atoms with Crippen molar-refractivity contribution in [3.05, 3.63) is 0 Å². The van der Waals surface area contributed by atoms with Crippen molar-refractivity contribution in [3.8, 4) is 0 Å². The second-order valence-electron chi connectivity index (χ2n) is 4.66. The number of carboxylic acids is 1. The molecule has 2 rings (SSSR count). The Morgan fingerprint density at radius 2 is 2.00 bits per heavy atom. The van der Waals surface area contributed by atoms with Crippen molar-refractivity contribution in [2.75, 3.05) is 13.2 Å². The van der Waals surface area contributed by atoms with Gasteiger partial charge in [-0.1, -0.05) is 12.8 Å². The predicted molar refractivity (Wildman–Crippen MR) is 55.9 cm³/mol. The van der Waals surface area contributed by atoms with Crippen LogP contribution in [-0.2, 0) is 14.3 Å². The van der Waals surface area contributed by atoms with Crippen LogP contribution < -0.4 is 5.32 Å². The lowest BCUT2D eigenvalue weighted by Gasteiger charge is -2.25. The molecule has 0 aromatic rings. The van der Waals surface area contributed by atoms with Crippen LogP contribution in [0.5, 0.6) is 0 Å². The van der Waals surface area contributed by atoms with Gasteiger partial charge in [-0.25, -0.2) is 4.79 Å². The molecule has 1 saturated carbocycles. The van der Waals surface area contributed by atoms with Gasteiger partial charge in [0.25, 0.3) is 0 Å². The highest BCUT2D eigenvalue weighted by molar-refractivity contribution is 5.88. The summed E-state index contributed by atoms with van der Waals surface area (Å²) in [7, 11) is 0. The fourth-order valence-electron chi connectivity index (χ4n) is 2.41. The Morgan fingerprint density at radius 3 is 2.50 bits per heavy atom. The minimum Gasteiger partial charge on any atom is -0.479 e. The highest BCUT2D eigenvalue weighted by Crippen LogP contribution is 2.27. The van der Waals surface area contributed by atoms with Crippen molar-refractivity contribution in [3.63, 3.8) is 0 Å². The van der Waals surface area contributed by atoms with Gasteiger partial charge in [-0.2, -0.15) is 0 Å². The first kappa shape index (κ1) is 11.4. The number of hydrogen-bond donors (Lipinski definition) is 2. The smallest absolute Gasteiger partial charge is 0.331 e. The Bertz CT molecular complexity index is 290. The van der Waals surface area contributed by atoms with E-state index in [4.69, 9.17) is 9.84 Å². The SMILES string of the molecule is O=C(NC1(C(=O)O)CCOC1)C1CCCC1. The molecule has 1 saturated heterocycles. The Morgan fingerprint density at radius 1 is 1.31 bits per heavy atom. The molecule has 1 unspecified atom stereocenters. The predicted octanol–water partition coefficient (Wildman–Crippen LogP) is 0.536. The van der Waals surface area contributed by atoms with Gasteiger partial charge in [-0.3, -0.25) is 4.79 Å². The number of hydrogen-bond acceptors (Lipinski definition) is 3. The normalized spacial score (nSPS) is 30.5. The quantitative estimate of drug-likeness (QED) is 0.737. The summed E-state index contributed by atoms with van der Waals surface area (Å²) in [6.45, 7) is 0.484. The van der Waals surface area contributed by atoms with Crippen LogP contribution in [0, 0.1) is 5.92 Å². The first-order chi connectivity index (χ1) is 7.64. The summed E-state index contributed by atoms with van der Waals surface area (Å²) in [5, 5.41) is 11.8. The maximum Gasteiger partial charge on any atom is 0.331 e. The maximum absolute atomic E-state index is 11.9. The Labute approximate surface area is 94.2 Å². The van der Waals surface area contributed by atoms with E-state index in [-0.39, 0.29) is 18.4 Å². The van der Waals surface area contributed by atoms with Crippen LogP contribution in [0.15, 0.2) is 0 Å². The van der Waals surface area contributed by atoms with Crippen molar-refractivity contribution >= 4 is 11.9 Å². The molecule has 0 aromatic heterocycles. The molecule has 5 heteroatoms. The van der Waals surface area contributed by atoms with Crippen molar-refractivity contribution < 1.29 is 19.4 Å². The van der Waals surface area contributed by atoms with Crippen molar-refractivity contribution in [2.24, 2.45) is 5.92 Å². The minimum atomic E-state index is -1.18. The third kappa shape index (κ3) is 2.04. The van der Waals surface area contributed by atoms with Gasteiger partial charge >= 0.3 is 5.97 Å². The van der Waals surface area contributed by atoms with Crippen LogP contribution in [0.25, 0.3) is 0 Å². The molecule has 0 bridgehead atoms. The number of carbonyl (C=O) groups is 2. The number of carboxylic acid groups (broad SMARTS) is 1. The topological polar surface area (TPSA) is 75.6 Å². The maximum atomic E-state index is 11.9. The number of rotatable bonds is 3. The van der Waals surface area contributed by atoms with E-state index >= 15 is 0 Å². The summed E-state index contributed by atoms with van der Waals surface area (Å²) in [5.41, 5.74) is -1.18. The van der Waals surface area contributed by atoms with E-state index in [1.165, 1.54) is 0 Å². The van der Waals surface area contributed by atoms with Crippen molar-refractivity contribution in [1.82, 2.24) is 5.32 Å². The number of amides is 1. The molecule has 2 N–H and O–H groups in total. The van der Waals surface area contributed by atoms with Crippen LogP contribution in [0.2, 0.25) is 0 Å². The number of aliphatic carboxylic acids is 1. The first-order valence-corrected chi connectivity index (χ1v) is 5.77. The van der Waals surface area contributed by atoms with Gasteiger partial charge in [0.05, 0.1) is 6.61 Å². The average molecular weight is 227 g/mol. The molecule has 1 aliphatic carbocycles. The van der Waals surface area contributed by atoms with Crippen LogP contribution in [0.3, 0.4) is 0 Å². The van der Waals surface area contributed by atoms with E-state index in [1.54, 1.807) is 0 Å². The molecule has 1 amide bonds. The zero-order valence-electron chi connectivity index (χ0n) is 9.20. The lowest BCUT2D eigenvalue weighted by molar-refractivity contribution is -0.148. The standard InChI is InChI=1S/C11H17NO4/c13-9(8-3-1-2-4-8)12-11(10(14)15)5-6-16-7-11/h8H,1-7H2,(H,12,13)(H,14,15). The fraction of sp³-hybridized carbons (Fsp3) is 0.818. The zero-order valence-corrected chi connectivity index (χ0v) is 9.20. The van der Waals surface area contributed by atoms with E-state index in [0.717, 1.165) is 25.7 Å². The molecule has 2 aliphatic rings. The first-order valence-electron chi connectivity index (χ1n) is 5.77. The van der Waals surface area contributed by atoms with Gasteiger partial charge in [-0.05, 0) is 12.8 Å². The molecule has 1 heterocycles. The zero-order chi connectivity index (χ0) is 11.6. The Hall–Kier alpha value is -1.10. The number of ether oxygens (including phenoxy) is 1. The van der Waals surface area contributed by atoms with Crippen LogP contribution >= 0.6 is 0 Å². The second-order valence-corrected chi connectivity index (χ2v) is 4.66. The molecule has 1 aliphatic heterocycles. The fourth-order valence-corrected chi connectivity index (χ4v) is 2.41. The van der Waals surface area contributed by atoms with Gasteiger partial charge in [0.1, 0.15) is 0 Å². The largest absolute Gasteiger partial charge is 0.479 e. The van der Waals surface area contributed by atoms with Gasteiger partial charge in [-0.15, -0.1) is 0 Å². The minimum absolute atomic E-state index is 0.00294. The number of nitrogens with one attached hydrogen (secondary N) is 1. The van der Waals surface area contributed by atoms with E-state index in [2.05, 4.69) is 5.32 Å². The van der Waals surface area contributed by atoms with Gasteiger partial charge < -0.3 is 15.2 Å². The molecule has 0 aromatic carbocycles. The average Bonchev–Trinajstić information content (AvgIpc) is 2.88. The summed E-state index contributed by atoms with van der Waals surface area (Å²) in [6.07, 6.45) is 4.24. The van der Waals surface area contributed by atoms with E-state index in [0.29, 0.717) is 13.0 Å². The molecule has 5 nitrogen and oxygen atoms in total. The molecule has 0 radical (unpaired) electrons. The molecule has 16 heavy (non-hydrogen) atoms. The summed E-state index contributed by atoms with van der Waals surface area (Å²) in [4.78, 5) is 23.1. The van der Waals surface area contributed by atoms with E-state index < -0.39 is 11.5 Å². The van der Waals surface area contributed by atoms with Gasteiger partial charge in [0, 0.05) is 18.9 Å². The summed E-state index contributed by atoms with van der Waals surface area (Å²) >= 11 is 0. The van der Waals surface area contributed by atoms with Gasteiger partial charge in [0.2, 0.25) is 5.91 Å². The van der Waals surface area contributed by atoms with E-state index in [1.807, 2.05) is 0 Å². The third-order valence-corrected chi connectivity index (χ3v) is 3.52. The summed E-state index contributed by atoms with van der Waals surface area (Å²) < 4.78 is 5.09. The highest BCUT2D eigenvalue weighted by atomic mass is 16.5. The van der Waals surface area contributed by atoms with E-state index in [9.17, 15) is 9.59 Å². The molecule has 1 atom stereocenters.